The number of aromatic nitrogens is 1. The van der Waals surface area contributed by atoms with Crippen LogP contribution >= 0.6 is 38.9 Å². The van der Waals surface area contributed by atoms with Gasteiger partial charge in [-0.3, -0.25) is 0 Å². The molecule has 2 aromatic rings. The Bertz CT molecular complexity index is 542. The fraction of sp³-hybridized carbons (Fsp3) is 0.308. The molecule has 0 N–H and O–H groups in total. The van der Waals surface area contributed by atoms with E-state index in [1.807, 2.05) is 24.6 Å². The van der Waals surface area contributed by atoms with E-state index >= 15 is 0 Å². The molecule has 5 heteroatoms. The van der Waals surface area contributed by atoms with E-state index in [2.05, 4.69) is 38.9 Å². The first-order valence-electron chi connectivity index (χ1n) is 5.56. The number of hydrogen-bond acceptors (Lipinski definition) is 3. The number of anilines is 1. The van der Waals surface area contributed by atoms with Crippen molar-refractivity contribution in [2.75, 3.05) is 11.9 Å². The molecule has 0 amide bonds. The molecule has 0 saturated carbocycles. The first kappa shape index (κ1) is 13.8. The molecule has 1 aromatic carbocycles. The van der Waals surface area contributed by atoms with Gasteiger partial charge in [-0.2, -0.15) is 0 Å². The fourth-order valence-electron chi connectivity index (χ4n) is 1.78. The molecule has 0 spiro atoms. The summed E-state index contributed by atoms with van der Waals surface area (Å²) in [6.45, 7) is 2.90. The topological polar surface area (TPSA) is 16.1 Å². The molecule has 2 rings (SSSR count). The van der Waals surface area contributed by atoms with E-state index in [1.54, 1.807) is 11.3 Å². The second kappa shape index (κ2) is 6.04. The quantitative estimate of drug-likeness (QED) is 0.751. The number of aryl methyl sites for hydroxylation is 1. The van der Waals surface area contributed by atoms with E-state index < -0.39 is 0 Å². The van der Waals surface area contributed by atoms with Gasteiger partial charge in [0.15, 0.2) is 0 Å². The van der Waals surface area contributed by atoms with E-state index in [9.17, 15) is 0 Å². The summed E-state index contributed by atoms with van der Waals surface area (Å²) in [7, 11) is 2.08. The molecule has 0 aliphatic heterocycles. The molecule has 1 aromatic heterocycles. The highest BCUT2D eigenvalue weighted by molar-refractivity contribution is 9.08. The maximum Gasteiger partial charge on any atom is 0.0798 e. The van der Waals surface area contributed by atoms with Crippen LogP contribution in [0.4, 0.5) is 5.69 Å². The van der Waals surface area contributed by atoms with Gasteiger partial charge in [0.05, 0.1) is 17.7 Å². The lowest BCUT2D eigenvalue weighted by molar-refractivity contribution is 0.920. The number of rotatable bonds is 4. The van der Waals surface area contributed by atoms with Crippen LogP contribution < -0.4 is 4.90 Å². The SMILES string of the molecule is Cc1ncsc1CN(C)c1cc(Cl)ccc1CBr. The summed E-state index contributed by atoms with van der Waals surface area (Å²) in [4.78, 5) is 7.78. The molecule has 96 valence electrons. The summed E-state index contributed by atoms with van der Waals surface area (Å²) in [6.07, 6.45) is 0. The number of halogens is 2. The molecule has 0 radical (unpaired) electrons. The average molecular weight is 346 g/mol. The van der Waals surface area contributed by atoms with Gasteiger partial charge in [-0.15, -0.1) is 11.3 Å². The van der Waals surface area contributed by atoms with Crippen LogP contribution in [0.3, 0.4) is 0 Å². The second-order valence-electron chi connectivity index (χ2n) is 4.12. The Morgan fingerprint density at radius 2 is 2.22 bits per heavy atom. The van der Waals surface area contributed by atoms with Gasteiger partial charge in [0.1, 0.15) is 0 Å². The van der Waals surface area contributed by atoms with Crippen LogP contribution in [0.15, 0.2) is 23.7 Å². The molecule has 0 fully saturated rings. The maximum absolute atomic E-state index is 6.08. The van der Waals surface area contributed by atoms with Gasteiger partial charge in [0.2, 0.25) is 0 Å². The fourth-order valence-corrected chi connectivity index (χ4v) is 3.25. The molecule has 1 heterocycles. The van der Waals surface area contributed by atoms with Crippen molar-refractivity contribution >= 4 is 44.6 Å². The third-order valence-corrected chi connectivity index (χ3v) is 4.59. The predicted molar refractivity (Wildman–Crippen MR) is 83.0 cm³/mol. The number of nitrogens with zero attached hydrogens (tertiary/aromatic N) is 2. The van der Waals surface area contributed by atoms with Crippen molar-refractivity contribution in [3.8, 4) is 0 Å². The number of hydrogen-bond donors (Lipinski definition) is 0. The highest BCUT2D eigenvalue weighted by atomic mass is 79.9. The van der Waals surface area contributed by atoms with Gasteiger partial charge >= 0.3 is 0 Å². The maximum atomic E-state index is 6.08. The van der Waals surface area contributed by atoms with Crippen molar-refractivity contribution in [2.45, 2.75) is 18.8 Å². The van der Waals surface area contributed by atoms with Gasteiger partial charge < -0.3 is 4.90 Å². The van der Waals surface area contributed by atoms with Crippen LogP contribution in [0, 0.1) is 6.92 Å². The molecule has 0 aliphatic carbocycles. The molecule has 0 saturated heterocycles. The molecule has 0 atom stereocenters. The van der Waals surface area contributed by atoms with Crippen molar-refractivity contribution < 1.29 is 0 Å². The molecule has 0 unspecified atom stereocenters. The van der Waals surface area contributed by atoms with Crippen molar-refractivity contribution in [1.82, 2.24) is 4.98 Å². The zero-order chi connectivity index (χ0) is 13.1. The number of alkyl halides is 1. The van der Waals surface area contributed by atoms with Gasteiger partial charge in [0.25, 0.3) is 0 Å². The largest absolute Gasteiger partial charge is 0.369 e. The highest BCUT2D eigenvalue weighted by Gasteiger charge is 2.10. The van der Waals surface area contributed by atoms with E-state index in [1.165, 1.54) is 10.4 Å². The van der Waals surface area contributed by atoms with Crippen LogP contribution in [0.2, 0.25) is 5.02 Å². The third kappa shape index (κ3) is 3.05. The number of benzene rings is 1. The Hall–Kier alpha value is -0.580. The predicted octanol–water partition coefficient (Wildman–Crippen LogP) is 4.64. The standard InChI is InChI=1S/C13H14BrClN2S/c1-9-13(18-8-16-9)7-17(2)12-5-11(15)4-3-10(12)6-14/h3-5,8H,6-7H2,1-2H3. The van der Waals surface area contributed by atoms with Gasteiger partial charge in [-0.25, -0.2) is 4.98 Å². The van der Waals surface area contributed by atoms with Crippen molar-refractivity contribution in [3.05, 3.63) is 44.9 Å². The van der Waals surface area contributed by atoms with Crippen molar-refractivity contribution in [3.63, 3.8) is 0 Å². The molecule has 0 aliphatic rings. The monoisotopic (exact) mass is 344 g/mol. The van der Waals surface area contributed by atoms with E-state index in [4.69, 9.17) is 11.6 Å². The summed E-state index contributed by atoms with van der Waals surface area (Å²) < 4.78 is 0. The Balaban J connectivity index is 2.25. The minimum atomic E-state index is 0.766. The molecule has 0 bridgehead atoms. The lowest BCUT2D eigenvalue weighted by Gasteiger charge is -2.22. The minimum Gasteiger partial charge on any atom is -0.369 e. The first-order chi connectivity index (χ1) is 8.61. The first-order valence-corrected chi connectivity index (χ1v) is 7.94. The summed E-state index contributed by atoms with van der Waals surface area (Å²) in [5, 5.41) is 1.59. The van der Waals surface area contributed by atoms with Gasteiger partial charge in [-0.1, -0.05) is 33.6 Å². The summed E-state index contributed by atoms with van der Waals surface area (Å²) in [5.41, 5.74) is 5.40. The minimum absolute atomic E-state index is 0.766. The van der Waals surface area contributed by atoms with Crippen LogP contribution in [0.5, 0.6) is 0 Å². The normalized spacial score (nSPS) is 10.7. The molecular formula is C13H14BrClN2S. The smallest absolute Gasteiger partial charge is 0.0798 e. The molecule has 18 heavy (non-hydrogen) atoms. The summed E-state index contributed by atoms with van der Waals surface area (Å²) >= 11 is 11.3. The van der Waals surface area contributed by atoms with Crippen molar-refractivity contribution in [2.24, 2.45) is 0 Å². The Labute approximate surface area is 125 Å². The van der Waals surface area contributed by atoms with Crippen LogP contribution in [-0.4, -0.2) is 12.0 Å². The second-order valence-corrected chi connectivity index (χ2v) is 6.06. The van der Waals surface area contributed by atoms with Gasteiger partial charge in [-0.05, 0) is 24.6 Å². The van der Waals surface area contributed by atoms with Crippen LogP contribution in [0.1, 0.15) is 16.1 Å². The summed E-state index contributed by atoms with van der Waals surface area (Å²) in [6, 6.07) is 5.99. The summed E-state index contributed by atoms with van der Waals surface area (Å²) in [5.74, 6) is 0. The Kier molecular flexibility index (Phi) is 4.65. The van der Waals surface area contributed by atoms with E-state index in [0.717, 1.165) is 28.3 Å². The molecule has 2 nitrogen and oxygen atoms in total. The Morgan fingerprint density at radius 1 is 1.44 bits per heavy atom. The lowest BCUT2D eigenvalue weighted by Crippen LogP contribution is -2.17. The van der Waals surface area contributed by atoms with E-state index in [-0.39, 0.29) is 0 Å². The average Bonchev–Trinajstić information content (AvgIpc) is 2.75. The van der Waals surface area contributed by atoms with E-state index in [0.29, 0.717) is 0 Å². The van der Waals surface area contributed by atoms with Gasteiger partial charge in [0, 0.05) is 28.0 Å². The number of thiazole rings is 1. The lowest BCUT2D eigenvalue weighted by atomic mass is 10.2. The Morgan fingerprint density at radius 3 is 2.83 bits per heavy atom. The van der Waals surface area contributed by atoms with Crippen molar-refractivity contribution in [1.29, 1.82) is 0 Å². The van der Waals surface area contributed by atoms with Crippen LogP contribution in [-0.2, 0) is 11.9 Å². The van der Waals surface area contributed by atoms with Crippen LogP contribution in [0.25, 0.3) is 0 Å². The third-order valence-electron chi connectivity index (χ3n) is 2.83. The zero-order valence-electron chi connectivity index (χ0n) is 10.3. The highest BCUT2D eigenvalue weighted by Crippen LogP contribution is 2.28. The molecular weight excluding hydrogens is 332 g/mol. The zero-order valence-corrected chi connectivity index (χ0v) is 13.4.